The minimum Gasteiger partial charge on any atom is -0.493 e. The minimum absolute atomic E-state index is 0.112. The molecule has 1 aliphatic heterocycles. The number of carbonyl (C=O) groups excluding carboxylic acids is 1. The van der Waals surface area contributed by atoms with Crippen LogP contribution >= 0.6 is 0 Å². The zero-order chi connectivity index (χ0) is 16.8. The van der Waals surface area contributed by atoms with Crippen molar-refractivity contribution in [3.63, 3.8) is 0 Å². The van der Waals surface area contributed by atoms with Gasteiger partial charge in [0, 0.05) is 6.54 Å². The maximum atomic E-state index is 12.5. The molecule has 5 heteroatoms. The maximum Gasteiger partial charge on any atom is 0.250 e. The van der Waals surface area contributed by atoms with Crippen LogP contribution in [-0.2, 0) is 9.53 Å². The molecule has 5 nitrogen and oxygen atoms in total. The zero-order valence-corrected chi connectivity index (χ0v) is 13.8. The Morgan fingerprint density at radius 3 is 2.74 bits per heavy atom. The molecule has 1 heterocycles. The zero-order valence-electron chi connectivity index (χ0n) is 13.8. The van der Waals surface area contributed by atoms with Crippen molar-refractivity contribution in [2.24, 2.45) is 0 Å². The summed E-state index contributed by atoms with van der Waals surface area (Å²) in [7, 11) is 3.17. The van der Waals surface area contributed by atoms with Gasteiger partial charge in [-0.05, 0) is 29.7 Å². The molecule has 0 saturated carbocycles. The molecule has 1 amide bonds. The molecule has 0 saturated heterocycles. The first-order valence-corrected chi connectivity index (χ1v) is 7.63. The Bertz CT molecular complexity index is 621. The molecule has 0 aliphatic carbocycles. The van der Waals surface area contributed by atoms with Gasteiger partial charge in [0.2, 0.25) is 0 Å². The quantitative estimate of drug-likeness (QED) is 0.840. The first-order chi connectivity index (χ1) is 11.2. The molecule has 124 valence electrons. The number of hydrogen-bond acceptors (Lipinski definition) is 4. The second kappa shape index (κ2) is 7.83. The average molecular weight is 317 g/mol. The first kappa shape index (κ1) is 17.1. The van der Waals surface area contributed by atoms with Crippen molar-refractivity contribution in [1.82, 2.24) is 5.32 Å². The van der Waals surface area contributed by atoms with Gasteiger partial charge in [-0.3, -0.25) is 4.79 Å². The molecule has 1 aromatic carbocycles. The molecular formula is C18H23NO4. The van der Waals surface area contributed by atoms with Gasteiger partial charge in [-0.15, -0.1) is 0 Å². The van der Waals surface area contributed by atoms with Crippen LogP contribution in [0.2, 0.25) is 0 Å². The van der Waals surface area contributed by atoms with Crippen molar-refractivity contribution < 1.29 is 19.0 Å². The Morgan fingerprint density at radius 1 is 1.39 bits per heavy atom. The SMILES string of the molecule is C=CC1=C(C(=O)NCCC)C(c2ccc(OC)c(OC)c2)OC1. The van der Waals surface area contributed by atoms with Gasteiger partial charge >= 0.3 is 0 Å². The van der Waals surface area contributed by atoms with Crippen LogP contribution in [0.1, 0.15) is 25.0 Å². The molecular weight excluding hydrogens is 294 g/mol. The van der Waals surface area contributed by atoms with Gasteiger partial charge in [-0.25, -0.2) is 0 Å². The summed E-state index contributed by atoms with van der Waals surface area (Å²) in [6.45, 7) is 6.80. The third-order valence-corrected chi connectivity index (χ3v) is 3.75. The van der Waals surface area contributed by atoms with E-state index in [-0.39, 0.29) is 5.91 Å². The minimum atomic E-state index is -0.431. The number of methoxy groups -OCH3 is 2. The number of nitrogens with one attached hydrogen (secondary N) is 1. The highest BCUT2D eigenvalue weighted by molar-refractivity contribution is 5.96. The van der Waals surface area contributed by atoms with E-state index in [0.29, 0.717) is 30.2 Å². The summed E-state index contributed by atoms with van der Waals surface area (Å²) < 4.78 is 16.4. The molecule has 0 aromatic heterocycles. The van der Waals surface area contributed by atoms with Crippen LogP contribution < -0.4 is 14.8 Å². The van der Waals surface area contributed by atoms with E-state index in [4.69, 9.17) is 14.2 Å². The third-order valence-electron chi connectivity index (χ3n) is 3.75. The molecule has 1 aliphatic rings. The van der Waals surface area contributed by atoms with Crippen LogP contribution in [0.4, 0.5) is 0 Å². The van der Waals surface area contributed by atoms with Gasteiger partial charge in [0.1, 0.15) is 6.10 Å². The van der Waals surface area contributed by atoms with Crippen molar-refractivity contribution in [3.8, 4) is 11.5 Å². The van der Waals surface area contributed by atoms with Gasteiger partial charge in [0.25, 0.3) is 5.91 Å². The number of amides is 1. The first-order valence-electron chi connectivity index (χ1n) is 7.63. The van der Waals surface area contributed by atoms with E-state index in [1.807, 2.05) is 25.1 Å². The number of ether oxygens (including phenoxy) is 3. The van der Waals surface area contributed by atoms with E-state index < -0.39 is 6.10 Å². The Labute approximate surface area is 136 Å². The molecule has 1 aromatic rings. The molecule has 0 bridgehead atoms. The molecule has 1 unspecified atom stereocenters. The van der Waals surface area contributed by atoms with Crippen LogP contribution in [-0.4, -0.2) is 33.3 Å². The summed E-state index contributed by atoms with van der Waals surface area (Å²) >= 11 is 0. The van der Waals surface area contributed by atoms with Crippen molar-refractivity contribution in [1.29, 1.82) is 0 Å². The largest absolute Gasteiger partial charge is 0.493 e. The van der Waals surface area contributed by atoms with Crippen LogP contribution in [0.5, 0.6) is 11.5 Å². The summed E-state index contributed by atoms with van der Waals surface area (Å²) in [6.07, 6.45) is 2.13. The van der Waals surface area contributed by atoms with Gasteiger partial charge in [0.15, 0.2) is 11.5 Å². The molecule has 23 heavy (non-hydrogen) atoms. The van der Waals surface area contributed by atoms with Gasteiger partial charge in [-0.2, -0.15) is 0 Å². The van der Waals surface area contributed by atoms with Crippen molar-refractivity contribution in [3.05, 3.63) is 47.6 Å². The van der Waals surface area contributed by atoms with Gasteiger partial charge in [0.05, 0.1) is 26.4 Å². The average Bonchev–Trinajstić information content (AvgIpc) is 3.03. The smallest absolute Gasteiger partial charge is 0.250 e. The van der Waals surface area contributed by atoms with Crippen LogP contribution in [0.15, 0.2) is 42.0 Å². The van der Waals surface area contributed by atoms with E-state index >= 15 is 0 Å². The fraction of sp³-hybridized carbons (Fsp3) is 0.389. The topological polar surface area (TPSA) is 56.8 Å². The van der Waals surface area contributed by atoms with Gasteiger partial charge in [-0.1, -0.05) is 25.6 Å². The van der Waals surface area contributed by atoms with E-state index in [1.54, 1.807) is 20.3 Å². The second-order valence-electron chi connectivity index (χ2n) is 5.20. The van der Waals surface area contributed by atoms with E-state index in [9.17, 15) is 4.79 Å². The summed E-state index contributed by atoms with van der Waals surface area (Å²) in [5.74, 6) is 1.13. The Hall–Kier alpha value is -2.27. The Kier molecular flexibility index (Phi) is 5.82. The predicted molar refractivity (Wildman–Crippen MR) is 88.8 cm³/mol. The standard InChI is InChI=1S/C18H23NO4/c1-5-9-19-18(20)16-12(6-2)11-23-17(16)13-7-8-14(21-3)15(10-13)22-4/h6-8,10,17H,2,5,9,11H2,1,3-4H3,(H,19,20). The lowest BCUT2D eigenvalue weighted by Gasteiger charge is -2.17. The summed E-state index contributed by atoms with van der Waals surface area (Å²) in [6, 6.07) is 5.53. The number of hydrogen-bond donors (Lipinski definition) is 1. The van der Waals surface area contributed by atoms with E-state index in [0.717, 1.165) is 17.6 Å². The lowest BCUT2D eigenvalue weighted by molar-refractivity contribution is -0.118. The fourth-order valence-electron chi connectivity index (χ4n) is 2.55. The highest BCUT2D eigenvalue weighted by Crippen LogP contribution is 2.38. The Morgan fingerprint density at radius 2 is 2.13 bits per heavy atom. The molecule has 2 rings (SSSR count). The summed E-state index contributed by atoms with van der Waals surface area (Å²) in [5.41, 5.74) is 2.28. The monoisotopic (exact) mass is 317 g/mol. The van der Waals surface area contributed by atoms with Crippen LogP contribution in [0.25, 0.3) is 0 Å². The second-order valence-corrected chi connectivity index (χ2v) is 5.20. The summed E-state index contributed by atoms with van der Waals surface area (Å²) in [4.78, 5) is 12.5. The van der Waals surface area contributed by atoms with Crippen LogP contribution in [0, 0.1) is 0 Å². The maximum absolute atomic E-state index is 12.5. The van der Waals surface area contributed by atoms with Crippen molar-refractivity contribution in [2.45, 2.75) is 19.4 Å². The third kappa shape index (κ3) is 3.56. The Balaban J connectivity index is 2.36. The summed E-state index contributed by atoms with van der Waals surface area (Å²) in [5, 5.41) is 2.91. The number of benzene rings is 1. The lowest BCUT2D eigenvalue weighted by atomic mass is 9.98. The molecule has 1 atom stereocenters. The van der Waals surface area contributed by atoms with Crippen molar-refractivity contribution in [2.75, 3.05) is 27.4 Å². The number of rotatable bonds is 7. The highest BCUT2D eigenvalue weighted by Gasteiger charge is 2.32. The lowest BCUT2D eigenvalue weighted by Crippen LogP contribution is -2.28. The molecule has 0 fully saturated rings. The normalized spacial score (nSPS) is 17.1. The van der Waals surface area contributed by atoms with E-state index in [2.05, 4.69) is 11.9 Å². The molecule has 1 N–H and O–H groups in total. The molecule has 0 spiro atoms. The fourth-order valence-corrected chi connectivity index (χ4v) is 2.55. The van der Waals surface area contributed by atoms with Crippen LogP contribution in [0.3, 0.4) is 0 Å². The van der Waals surface area contributed by atoms with Crippen molar-refractivity contribution >= 4 is 5.91 Å². The van der Waals surface area contributed by atoms with E-state index in [1.165, 1.54) is 0 Å². The molecule has 0 radical (unpaired) electrons. The van der Waals surface area contributed by atoms with Gasteiger partial charge < -0.3 is 19.5 Å². The number of carbonyl (C=O) groups is 1. The predicted octanol–water partition coefficient (Wildman–Crippen LogP) is 2.78. The highest BCUT2D eigenvalue weighted by atomic mass is 16.5.